The van der Waals surface area contributed by atoms with Crippen LogP contribution >= 0.6 is 11.8 Å². The van der Waals surface area contributed by atoms with Crippen molar-refractivity contribution in [3.8, 4) is 0 Å². The highest BCUT2D eigenvalue weighted by molar-refractivity contribution is 7.99. The molecule has 18 heavy (non-hydrogen) atoms. The summed E-state index contributed by atoms with van der Waals surface area (Å²) in [7, 11) is 1.97. The van der Waals surface area contributed by atoms with Crippen LogP contribution in [0.1, 0.15) is 5.56 Å². The van der Waals surface area contributed by atoms with Crippen LogP contribution in [-0.4, -0.2) is 10.3 Å². The molecule has 2 aromatic rings. The molecule has 2 rings (SSSR count). The van der Waals surface area contributed by atoms with E-state index in [1.165, 1.54) is 5.56 Å². The quantitative estimate of drug-likeness (QED) is 0.827. The maximum atomic E-state index is 12.1. The van der Waals surface area contributed by atoms with Crippen molar-refractivity contribution in [1.29, 1.82) is 0 Å². The molecule has 1 aromatic heterocycles. The molecular formula is C13H14F2N2S. The topological polar surface area (TPSA) is 17.0 Å². The van der Waals surface area contributed by atoms with Gasteiger partial charge in [0, 0.05) is 36.6 Å². The fourth-order valence-electron chi connectivity index (χ4n) is 1.62. The Morgan fingerprint density at radius 3 is 2.50 bits per heavy atom. The summed E-state index contributed by atoms with van der Waals surface area (Å²) in [6, 6.07) is 9.06. The number of halogens is 2. The van der Waals surface area contributed by atoms with Crippen molar-refractivity contribution in [3.05, 3.63) is 48.3 Å². The van der Waals surface area contributed by atoms with Crippen LogP contribution in [0.15, 0.2) is 47.6 Å². The van der Waals surface area contributed by atoms with Gasteiger partial charge in [0.05, 0.1) is 0 Å². The van der Waals surface area contributed by atoms with Gasteiger partial charge in [0.2, 0.25) is 0 Å². The predicted molar refractivity (Wildman–Crippen MR) is 71.0 cm³/mol. The Morgan fingerprint density at radius 1 is 1.22 bits per heavy atom. The van der Waals surface area contributed by atoms with Crippen LogP contribution < -0.4 is 5.32 Å². The maximum absolute atomic E-state index is 12.1. The molecule has 2 nitrogen and oxygen atoms in total. The first-order valence-electron chi connectivity index (χ1n) is 5.53. The molecule has 0 fully saturated rings. The van der Waals surface area contributed by atoms with Crippen LogP contribution in [0.25, 0.3) is 0 Å². The van der Waals surface area contributed by atoms with E-state index in [-0.39, 0.29) is 0 Å². The van der Waals surface area contributed by atoms with E-state index in [9.17, 15) is 8.78 Å². The molecule has 0 saturated carbocycles. The summed E-state index contributed by atoms with van der Waals surface area (Å²) in [5, 5.41) is 3.24. The Labute approximate surface area is 109 Å². The number of nitrogens with zero attached hydrogens (tertiary/aromatic N) is 1. The Kier molecular flexibility index (Phi) is 4.25. The van der Waals surface area contributed by atoms with Crippen molar-refractivity contribution in [1.82, 2.24) is 4.57 Å². The number of thioether (sulfide) groups is 1. The SMILES string of the molecule is Cn1ccc(CNc2ccc(SC(F)F)cc2)c1. The van der Waals surface area contributed by atoms with E-state index in [0.717, 1.165) is 12.2 Å². The van der Waals surface area contributed by atoms with E-state index in [1.807, 2.05) is 42.2 Å². The maximum Gasteiger partial charge on any atom is 0.288 e. The average Bonchev–Trinajstić information content (AvgIpc) is 2.74. The summed E-state index contributed by atoms with van der Waals surface area (Å²) in [5.74, 6) is -2.37. The second kappa shape index (κ2) is 5.91. The lowest BCUT2D eigenvalue weighted by atomic mass is 10.3. The van der Waals surface area contributed by atoms with Crippen LogP contribution in [0.3, 0.4) is 0 Å². The van der Waals surface area contributed by atoms with E-state index in [0.29, 0.717) is 16.7 Å². The van der Waals surface area contributed by atoms with Crippen LogP contribution in [0, 0.1) is 0 Å². The molecule has 0 bridgehead atoms. The highest BCUT2D eigenvalue weighted by atomic mass is 32.2. The van der Waals surface area contributed by atoms with Gasteiger partial charge < -0.3 is 9.88 Å². The number of nitrogens with one attached hydrogen (secondary N) is 1. The third-order valence-corrected chi connectivity index (χ3v) is 3.19. The molecule has 0 spiro atoms. The van der Waals surface area contributed by atoms with Gasteiger partial charge in [-0.3, -0.25) is 0 Å². The van der Waals surface area contributed by atoms with Gasteiger partial charge in [-0.25, -0.2) is 0 Å². The Hall–Kier alpha value is -1.49. The third kappa shape index (κ3) is 3.77. The molecule has 0 unspecified atom stereocenters. The Bertz CT molecular complexity index is 494. The number of aryl methyl sites for hydroxylation is 1. The van der Waals surface area contributed by atoms with Crippen molar-refractivity contribution < 1.29 is 8.78 Å². The van der Waals surface area contributed by atoms with E-state index in [1.54, 1.807) is 12.1 Å². The normalized spacial score (nSPS) is 10.9. The number of benzene rings is 1. The van der Waals surface area contributed by atoms with Gasteiger partial charge in [-0.1, -0.05) is 11.8 Å². The highest BCUT2D eigenvalue weighted by Gasteiger charge is 2.04. The Balaban J connectivity index is 1.90. The van der Waals surface area contributed by atoms with Crippen molar-refractivity contribution in [2.24, 2.45) is 7.05 Å². The molecule has 0 atom stereocenters. The van der Waals surface area contributed by atoms with Gasteiger partial charge in [-0.2, -0.15) is 8.78 Å². The molecule has 1 aromatic carbocycles. The molecule has 0 radical (unpaired) electrons. The Morgan fingerprint density at radius 2 is 1.94 bits per heavy atom. The standard InChI is InChI=1S/C13H14F2N2S/c1-17-7-6-10(9-17)8-16-11-2-4-12(5-3-11)18-13(14)15/h2-7,9,13,16H,8H2,1H3. The summed E-state index contributed by atoms with van der Waals surface area (Å²) in [6.07, 6.45) is 4.02. The van der Waals surface area contributed by atoms with Gasteiger partial charge in [-0.05, 0) is 35.9 Å². The third-order valence-electron chi connectivity index (χ3n) is 2.47. The first-order valence-corrected chi connectivity index (χ1v) is 6.41. The molecule has 0 aliphatic carbocycles. The monoisotopic (exact) mass is 268 g/mol. The summed E-state index contributed by atoms with van der Waals surface area (Å²) in [6.45, 7) is 0.724. The minimum atomic E-state index is -2.37. The van der Waals surface area contributed by atoms with Crippen LogP contribution in [0.4, 0.5) is 14.5 Å². The molecule has 0 amide bonds. The molecule has 0 aliphatic rings. The fourth-order valence-corrected chi connectivity index (χ4v) is 2.12. The molecular weight excluding hydrogens is 254 g/mol. The van der Waals surface area contributed by atoms with Gasteiger partial charge in [0.1, 0.15) is 0 Å². The number of aromatic nitrogens is 1. The molecule has 1 heterocycles. The van der Waals surface area contributed by atoms with Crippen molar-refractivity contribution in [2.75, 3.05) is 5.32 Å². The zero-order valence-electron chi connectivity index (χ0n) is 9.94. The van der Waals surface area contributed by atoms with Gasteiger partial charge in [0.15, 0.2) is 0 Å². The highest BCUT2D eigenvalue weighted by Crippen LogP contribution is 2.26. The summed E-state index contributed by atoms with van der Waals surface area (Å²) < 4.78 is 26.3. The summed E-state index contributed by atoms with van der Waals surface area (Å²) in [4.78, 5) is 0.579. The van der Waals surface area contributed by atoms with Gasteiger partial charge in [0.25, 0.3) is 5.76 Å². The van der Waals surface area contributed by atoms with Gasteiger partial charge in [-0.15, -0.1) is 0 Å². The lowest BCUT2D eigenvalue weighted by Crippen LogP contribution is -1.98. The lowest BCUT2D eigenvalue weighted by molar-refractivity contribution is 0.252. The van der Waals surface area contributed by atoms with Crippen LogP contribution in [0.2, 0.25) is 0 Å². The van der Waals surface area contributed by atoms with E-state index in [4.69, 9.17) is 0 Å². The fraction of sp³-hybridized carbons (Fsp3) is 0.231. The molecule has 5 heteroatoms. The lowest BCUT2D eigenvalue weighted by Gasteiger charge is -2.06. The van der Waals surface area contributed by atoms with Crippen LogP contribution in [0.5, 0.6) is 0 Å². The van der Waals surface area contributed by atoms with Crippen molar-refractivity contribution in [2.45, 2.75) is 17.2 Å². The zero-order valence-corrected chi connectivity index (χ0v) is 10.8. The smallest absolute Gasteiger partial charge is 0.288 e. The first kappa shape index (κ1) is 13.0. The number of anilines is 1. The van der Waals surface area contributed by atoms with Crippen LogP contribution in [-0.2, 0) is 13.6 Å². The largest absolute Gasteiger partial charge is 0.381 e. The molecule has 1 N–H and O–H groups in total. The number of rotatable bonds is 5. The second-order valence-corrected chi connectivity index (χ2v) is 5.01. The zero-order chi connectivity index (χ0) is 13.0. The molecule has 96 valence electrons. The molecule has 0 aliphatic heterocycles. The summed E-state index contributed by atoms with van der Waals surface area (Å²) in [5.41, 5.74) is 2.11. The summed E-state index contributed by atoms with van der Waals surface area (Å²) >= 11 is 0.560. The number of alkyl halides is 2. The van der Waals surface area contributed by atoms with E-state index in [2.05, 4.69) is 5.32 Å². The van der Waals surface area contributed by atoms with Gasteiger partial charge >= 0.3 is 0 Å². The average molecular weight is 268 g/mol. The minimum absolute atomic E-state index is 0.560. The van der Waals surface area contributed by atoms with Crippen molar-refractivity contribution >= 4 is 17.4 Å². The van der Waals surface area contributed by atoms with E-state index >= 15 is 0 Å². The first-order chi connectivity index (χ1) is 8.63. The van der Waals surface area contributed by atoms with E-state index < -0.39 is 5.76 Å². The second-order valence-electron chi connectivity index (χ2n) is 3.94. The molecule has 0 saturated heterocycles. The number of hydrogen-bond acceptors (Lipinski definition) is 2. The predicted octanol–water partition coefficient (Wildman–Crippen LogP) is 3.95. The minimum Gasteiger partial charge on any atom is -0.381 e. The van der Waals surface area contributed by atoms with Crippen molar-refractivity contribution in [3.63, 3.8) is 0 Å². The number of hydrogen-bond donors (Lipinski definition) is 1.